The fraction of sp³-hybridized carbons (Fsp3) is 0.472. The number of halogens is 15. The molecule has 0 bridgehead atoms. The van der Waals surface area contributed by atoms with Gasteiger partial charge in [0.05, 0.1) is 18.8 Å². The first-order valence-electron chi connectivity index (χ1n) is 16.6. The maximum Gasteiger partial charge on any atom is 0.451 e. The van der Waals surface area contributed by atoms with E-state index in [4.69, 9.17) is 14.2 Å². The maximum absolute atomic E-state index is 14.6. The normalized spacial score (nSPS) is 15.3. The highest BCUT2D eigenvalue weighted by atomic mass is 19.4. The Morgan fingerprint density at radius 1 is 0.508 bits per heavy atom. The van der Waals surface area contributed by atoms with E-state index in [9.17, 15) is 70.7 Å². The van der Waals surface area contributed by atoms with E-state index >= 15 is 0 Å². The van der Waals surface area contributed by atoms with E-state index in [1.165, 1.54) is 12.1 Å². The molecule has 3 aromatic carbocycles. The predicted octanol–water partition coefficient (Wildman–Crippen LogP) is 10.4. The highest BCUT2D eigenvalue weighted by Gasteiger charge is 2.68. The van der Waals surface area contributed by atoms with Crippen molar-refractivity contribution in [3.8, 4) is 28.4 Å². The standard InChI is InChI=1S/C36H33F15O8/c1-29(2,37)35(48,49)58-31(40,33(42,43)44)20-53-13-15-55-26-17-24(28(52)57-25-11-9-23(10-12-25)22-7-5-4-6-8-22)18-27(19-26)56-16-14-54-21-32(41,34(45,46)47)59-36(50,51)30(3,38)39/h4-12,17-19H,13-16,20-21H2,1-3H3. The first kappa shape index (κ1) is 48.9. The van der Waals surface area contributed by atoms with Gasteiger partial charge in [-0.05, 0) is 49.2 Å². The van der Waals surface area contributed by atoms with Crippen molar-refractivity contribution >= 4 is 5.97 Å². The van der Waals surface area contributed by atoms with Gasteiger partial charge in [0.25, 0.3) is 0 Å². The van der Waals surface area contributed by atoms with Crippen LogP contribution in [0.2, 0.25) is 0 Å². The lowest BCUT2D eigenvalue weighted by atomic mass is 10.1. The number of carbonyl (C=O) groups is 1. The van der Waals surface area contributed by atoms with Gasteiger partial charge in [-0.1, -0.05) is 42.5 Å². The molecule has 3 aromatic rings. The average molecular weight is 879 g/mol. The maximum atomic E-state index is 14.6. The lowest BCUT2D eigenvalue weighted by molar-refractivity contribution is -0.453. The topological polar surface area (TPSA) is 81.7 Å². The van der Waals surface area contributed by atoms with Gasteiger partial charge < -0.3 is 23.7 Å². The number of carbonyl (C=O) groups excluding carboxylic acids is 1. The largest absolute Gasteiger partial charge is 0.491 e. The van der Waals surface area contributed by atoms with Crippen LogP contribution < -0.4 is 14.2 Å². The van der Waals surface area contributed by atoms with Crippen LogP contribution in [0.4, 0.5) is 65.9 Å². The van der Waals surface area contributed by atoms with E-state index in [1.54, 1.807) is 42.5 Å². The Morgan fingerprint density at radius 3 is 1.34 bits per heavy atom. The van der Waals surface area contributed by atoms with Gasteiger partial charge >= 0.3 is 48.2 Å². The molecule has 0 fully saturated rings. The lowest BCUT2D eigenvalue weighted by Crippen LogP contribution is -2.56. The van der Waals surface area contributed by atoms with Gasteiger partial charge in [-0.15, -0.1) is 0 Å². The van der Waals surface area contributed by atoms with Crippen LogP contribution in [0.15, 0.2) is 72.8 Å². The monoisotopic (exact) mass is 878 g/mol. The molecule has 0 aromatic heterocycles. The number of hydrogen-bond acceptors (Lipinski definition) is 8. The third kappa shape index (κ3) is 13.3. The molecule has 330 valence electrons. The van der Waals surface area contributed by atoms with E-state index in [1.807, 2.05) is 0 Å². The van der Waals surface area contributed by atoms with E-state index < -0.39 is 117 Å². The second-order valence-corrected chi connectivity index (χ2v) is 12.8. The van der Waals surface area contributed by atoms with Crippen molar-refractivity contribution in [2.75, 3.05) is 39.6 Å². The predicted molar refractivity (Wildman–Crippen MR) is 174 cm³/mol. The van der Waals surface area contributed by atoms with Crippen LogP contribution in [0.5, 0.6) is 17.2 Å². The summed E-state index contributed by atoms with van der Waals surface area (Å²) in [6.07, 6.45) is -23.6. The Labute approximate surface area is 325 Å². The molecule has 0 spiro atoms. The van der Waals surface area contributed by atoms with Crippen LogP contribution in [-0.2, 0) is 18.9 Å². The summed E-state index contributed by atoms with van der Waals surface area (Å²) < 4.78 is 234. The molecule has 0 saturated carbocycles. The highest BCUT2D eigenvalue weighted by molar-refractivity contribution is 5.92. The number of rotatable bonds is 21. The van der Waals surface area contributed by atoms with Crippen molar-refractivity contribution in [3.63, 3.8) is 0 Å². The Bertz CT molecular complexity index is 1730. The van der Waals surface area contributed by atoms with E-state index in [0.29, 0.717) is 0 Å². The van der Waals surface area contributed by atoms with Crippen molar-refractivity contribution in [1.82, 2.24) is 0 Å². The SMILES string of the molecule is CC(C)(F)C(F)(F)OC(F)(COCCOc1cc(OCCOCC(F)(OC(F)(F)C(C)(F)F)C(F)(F)F)cc(C(=O)Oc2ccc(-c3ccccc3)cc2)c1)C(F)(F)F. The van der Waals surface area contributed by atoms with Crippen molar-refractivity contribution in [2.45, 2.75) is 68.6 Å². The molecule has 3 rings (SSSR count). The molecule has 0 N–H and O–H groups in total. The van der Waals surface area contributed by atoms with Gasteiger partial charge in [0.2, 0.25) is 0 Å². The molecule has 0 aliphatic heterocycles. The molecule has 0 radical (unpaired) electrons. The third-order valence-corrected chi connectivity index (χ3v) is 7.49. The minimum atomic E-state index is -6.29. The molecule has 0 saturated heterocycles. The van der Waals surface area contributed by atoms with Crippen molar-refractivity contribution in [3.05, 3.63) is 78.4 Å². The zero-order chi connectivity index (χ0) is 44.7. The molecule has 0 amide bonds. The van der Waals surface area contributed by atoms with Gasteiger partial charge in [-0.3, -0.25) is 9.47 Å². The second-order valence-electron chi connectivity index (χ2n) is 12.8. The second kappa shape index (κ2) is 18.4. The molecule has 2 atom stereocenters. The van der Waals surface area contributed by atoms with Crippen molar-refractivity contribution in [1.29, 1.82) is 0 Å². The van der Waals surface area contributed by atoms with E-state index in [2.05, 4.69) is 18.9 Å². The van der Waals surface area contributed by atoms with Gasteiger partial charge in [0.1, 0.15) is 43.7 Å². The van der Waals surface area contributed by atoms with Gasteiger partial charge in [0, 0.05) is 13.0 Å². The smallest absolute Gasteiger partial charge is 0.451 e. The lowest BCUT2D eigenvalue weighted by Gasteiger charge is -2.34. The van der Waals surface area contributed by atoms with Gasteiger partial charge in [-0.2, -0.15) is 61.5 Å². The van der Waals surface area contributed by atoms with Crippen LogP contribution in [0.3, 0.4) is 0 Å². The summed E-state index contributed by atoms with van der Waals surface area (Å²) in [6, 6.07) is 17.9. The first-order chi connectivity index (χ1) is 26.9. The highest BCUT2D eigenvalue weighted by Crippen LogP contribution is 2.46. The molecule has 0 aliphatic rings. The summed E-state index contributed by atoms with van der Waals surface area (Å²) >= 11 is 0. The molecular weight excluding hydrogens is 845 g/mol. The van der Waals surface area contributed by atoms with Gasteiger partial charge in [0.15, 0.2) is 5.67 Å². The average Bonchev–Trinajstić information content (AvgIpc) is 3.09. The Kier molecular flexibility index (Phi) is 15.3. The summed E-state index contributed by atoms with van der Waals surface area (Å²) in [5.74, 6) is -17.8. The molecular formula is C36H33F15O8. The number of benzene rings is 3. The summed E-state index contributed by atoms with van der Waals surface area (Å²) in [5, 5.41) is 0. The fourth-order valence-electron chi connectivity index (χ4n) is 4.17. The zero-order valence-corrected chi connectivity index (χ0v) is 30.6. The number of esters is 1. The van der Waals surface area contributed by atoms with Crippen molar-refractivity contribution in [2.24, 2.45) is 0 Å². The zero-order valence-electron chi connectivity index (χ0n) is 30.6. The molecule has 0 heterocycles. The van der Waals surface area contributed by atoms with Crippen LogP contribution >= 0.6 is 0 Å². The van der Waals surface area contributed by atoms with E-state index in [-0.39, 0.29) is 19.6 Å². The molecule has 59 heavy (non-hydrogen) atoms. The van der Waals surface area contributed by atoms with Crippen molar-refractivity contribution < 1.29 is 104 Å². The van der Waals surface area contributed by atoms with Crippen LogP contribution in [0.25, 0.3) is 11.1 Å². The number of hydrogen-bond donors (Lipinski definition) is 0. The number of alkyl halides is 15. The van der Waals surface area contributed by atoms with Gasteiger partial charge in [-0.25, -0.2) is 9.18 Å². The Hall–Kier alpha value is -4.48. The van der Waals surface area contributed by atoms with E-state index in [0.717, 1.165) is 29.3 Å². The summed E-state index contributed by atoms with van der Waals surface area (Å²) in [4.78, 5) is 13.1. The summed E-state index contributed by atoms with van der Waals surface area (Å²) in [6.45, 7) is -8.57. The quantitative estimate of drug-likeness (QED) is 0.0453. The van der Waals surface area contributed by atoms with Crippen LogP contribution in [-0.4, -0.2) is 93.5 Å². The molecule has 0 aliphatic carbocycles. The Balaban J connectivity index is 1.75. The molecule has 2 unspecified atom stereocenters. The first-order valence-corrected chi connectivity index (χ1v) is 16.6. The number of ether oxygens (including phenoxy) is 7. The Morgan fingerprint density at radius 2 is 0.932 bits per heavy atom. The molecule has 8 nitrogen and oxygen atoms in total. The third-order valence-electron chi connectivity index (χ3n) is 7.49. The minimum absolute atomic E-state index is 0.00147. The fourth-order valence-corrected chi connectivity index (χ4v) is 4.17. The molecule has 23 heteroatoms. The summed E-state index contributed by atoms with van der Waals surface area (Å²) in [7, 11) is 0. The summed E-state index contributed by atoms with van der Waals surface area (Å²) in [5.41, 5.74) is -2.61. The minimum Gasteiger partial charge on any atom is -0.491 e. The van der Waals surface area contributed by atoms with Crippen LogP contribution in [0.1, 0.15) is 31.1 Å². The van der Waals surface area contributed by atoms with Crippen LogP contribution in [0, 0.1) is 0 Å².